The first-order chi connectivity index (χ1) is 8.52. The van der Waals surface area contributed by atoms with Crippen LogP contribution < -0.4 is 0 Å². The second kappa shape index (κ2) is 5.74. The van der Waals surface area contributed by atoms with Gasteiger partial charge in [-0.25, -0.2) is 9.97 Å². The van der Waals surface area contributed by atoms with E-state index in [2.05, 4.69) is 25.9 Å². The van der Waals surface area contributed by atoms with E-state index < -0.39 is 0 Å². The van der Waals surface area contributed by atoms with Crippen LogP contribution in [-0.4, -0.2) is 9.97 Å². The Morgan fingerprint density at radius 1 is 1.11 bits per heavy atom. The van der Waals surface area contributed by atoms with Crippen molar-refractivity contribution < 1.29 is 0 Å². The highest BCUT2D eigenvalue weighted by atomic mass is 79.9. The van der Waals surface area contributed by atoms with E-state index in [1.54, 1.807) is 6.07 Å². The van der Waals surface area contributed by atoms with Crippen molar-refractivity contribution in [2.45, 2.75) is 13.3 Å². The van der Waals surface area contributed by atoms with E-state index in [0.717, 1.165) is 10.0 Å². The Bertz CT molecular complexity index is 579. The molecule has 2 rings (SSSR count). The predicted octanol–water partition coefficient (Wildman–Crippen LogP) is 5.43. The minimum absolute atomic E-state index is 0.364. The summed E-state index contributed by atoms with van der Waals surface area (Å²) >= 11 is 21.7. The zero-order valence-electron chi connectivity index (χ0n) is 9.35. The lowest BCUT2D eigenvalue weighted by molar-refractivity contribution is 1.05. The van der Waals surface area contributed by atoms with E-state index in [1.165, 1.54) is 0 Å². The summed E-state index contributed by atoms with van der Waals surface area (Å²) in [5, 5.41) is 1.28. The quantitative estimate of drug-likeness (QED) is 0.663. The van der Waals surface area contributed by atoms with Gasteiger partial charge in [-0.15, -0.1) is 0 Å². The minimum atomic E-state index is 0.364. The Hall–Kier alpha value is -0.350. The molecule has 18 heavy (non-hydrogen) atoms. The lowest BCUT2D eigenvalue weighted by atomic mass is 10.2. The van der Waals surface area contributed by atoms with Gasteiger partial charge in [0.25, 0.3) is 0 Å². The van der Waals surface area contributed by atoms with Gasteiger partial charge in [-0.1, -0.05) is 57.7 Å². The highest BCUT2D eigenvalue weighted by Gasteiger charge is 2.13. The number of rotatable bonds is 2. The van der Waals surface area contributed by atoms with Crippen molar-refractivity contribution in [3.63, 3.8) is 0 Å². The zero-order valence-corrected chi connectivity index (χ0v) is 13.2. The number of halogens is 4. The SMILES string of the molecule is CCc1c(Cl)nc(-c2cc(Br)ccc2Cl)nc1Cl. The highest BCUT2D eigenvalue weighted by molar-refractivity contribution is 9.10. The summed E-state index contributed by atoms with van der Waals surface area (Å²) in [4.78, 5) is 8.48. The number of aromatic nitrogens is 2. The molecule has 1 heterocycles. The highest BCUT2D eigenvalue weighted by Crippen LogP contribution is 2.31. The fourth-order valence-electron chi connectivity index (χ4n) is 1.51. The third-order valence-corrected chi connectivity index (χ3v) is 3.88. The summed E-state index contributed by atoms with van der Waals surface area (Å²) in [6, 6.07) is 5.44. The lowest BCUT2D eigenvalue weighted by Crippen LogP contribution is -1.97. The van der Waals surface area contributed by atoms with Gasteiger partial charge in [0.1, 0.15) is 10.3 Å². The Kier molecular flexibility index (Phi) is 4.49. The molecule has 0 bridgehead atoms. The molecule has 0 aliphatic heterocycles. The van der Waals surface area contributed by atoms with Crippen LogP contribution in [-0.2, 0) is 6.42 Å². The van der Waals surface area contributed by atoms with E-state index in [0.29, 0.717) is 33.1 Å². The van der Waals surface area contributed by atoms with Crippen LogP contribution in [0.2, 0.25) is 15.3 Å². The summed E-state index contributed by atoms with van der Waals surface area (Å²) in [5.41, 5.74) is 1.44. The summed E-state index contributed by atoms with van der Waals surface area (Å²) in [7, 11) is 0. The van der Waals surface area contributed by atoms with E-state index in [1.807, 2.05) is 19.1 Å². The van der Waals surface area contributed by atoms with E-state index >= 15 is 0 Å². The second-order valence-corrected chi connectivity index (χ2v) is 5.62. The van der Waals surface area contributed by atoms with Gasteiger partial charge in [-0.05, 0) is 24.6 Å². The second-order valence-electron chi connectivity index (χ2n) is 3.59. The average Bonchev–Trinajstić information content (AvgIpc) is 2.32. The van der Waals surface area contributed by atoms with Gasteiger partial charge >= 0.3 is 0 Å². The van der Waals surface area contributed by atoms with Crippen LogP contribution in [0.1, 0.15) is 12.5 Å². The van der Waals surface area contributed by atoms with Gasteiger partial charge in [-0.3, -0.25) is 0 Å². The van der Waals surface area contributed by atoms with Crippen LogP contribution in [0.15, 0.2) is 22.7 Å². The number of nitrogens with zero attached hydrogens (tertiary/aromatic N) is 2. The van der Waals surface area contributed by atoms with Crippen LogP contribution in [0, 0.1) is 0 Å². The summed E-state index contributed by atoms with van der Waals surface area (Å²) in [6.07, 6.45) is 0.685. The molecule has 0 amide bonds. The van der Waals surface area contributed by atoms with Crippen LogP contribution >= 0.6 is 50.7 Å². The first kappa shape index (κ1) is 14.1. The molecule has 0 atom stereocenters. The molecule has 0 N–H and O–H groups in total. The van der Waals surface area contributed by atoms with Crippen molar-refractivity contribution in [2.24, 2.45) is 0 Å². The molecule has 0 radical (unpaired) electrons. The molecular weight excluding hydrogens is 358 g/mol. The summed E-state index contributed by atoms with van der Waals surface area (Å²) < 4.78 is 0.886. The Balaban J connectivity index is 2.61. The van der Waals surface area contributed by atoms with Crippen LogP contribution in [0.5, 0.6) is 0 Å². The topological polar surface area (TPSA) is 25.8 Å². The third kappa shape index (κ3) is 2.80. The Labute approximate surface area is 128 Å². The maximum atomic E-state index is 6.12. The third-order valence-electron chi connectivity index (χ3n) is 2.43. The standard InChI is InChI=1S/C12H8BrCl3N2/c1-2-7-10(15)17-12(18-11(7)16)8-5-6(13)3-4-9(8)14/h3-5H,2H2,1H3. The minimum Gasteiger partial charge on any atom is -0.216 e. The largest absolute Gasteiger partial charge is 0.216 e. The Morgan fingerprint density at radius 2 is 1.72 bits per heavy atom. The molecular formula is C12H8BrCl3N2. The average molecular weight is 366 g/mol. The van der Waals surface area contributed by atoms with Crippen molar-refractivity contribution in [2.75, 3.05) is 0 Å². The smallest absolute Gasteiger partial charge is 0.164 e. The van der Waals surface area contributed by atoms with Gasteiger partial charge in [0.15, 0.2) is 5.82 Å². The molecule has 2 nitrogen and oxygen atoms in total. The molecule has 0 saturated carbocycles. The normalized spacial score (nSPS) is 10.7. The summed E-state index contributed by atoms with van der Waals surface area (Å²) in [6.45, 7) is 1.95. The monoisotopic (exact) mass is 364 g/mol. The predicted molar refractivity (Wildman–Crippen MR) is 79.6 cm³/mol. The van der Waals surface area contributed by atoms with Gasteiger partial charge in [0.2, 0.25) is 0 Å². The lowest BCUT2D eigenvalue weighted by Gasteiger charge is -2.08. The first-order valence-electron chi connectivity index (χ1n) is 5.20. The molecule has 0 aliphatic carbocycles. The summed E-state index contributed by atoms with van der Waals surface area (Å²) in [5.74, 6) is 0.425. The Morgan fingerprint density at radius 3 is 2.28 bits per heavy atom. The molecule has 1 aromatic heterocycles. The molecule has 1 aromatic carbocycles. The van der Waals surface area contributed by atoms with Gasteiger partial charge in [0, 0.05) is 15.6 Å². The van der Waals surface area contributed by atoms with Crippen LogP contribution in [0.3, 0.4) is 0 Å². The fourth-order valence-corrected chi connectivity index (χ4v) is 2.73. The van der Waals surface area contributed by atoms with Crippen molar-refractivity contribution in [3.05, 3.63) is 43.6 Å². The molecule has 0 unspecified atom stereocenters. The maximum Gasteiger partial charge on any atom is 0.164 e. The van der Waals surface area contributed by atoms with Crippen molar-refractivity contribution in [1.82, 2.24) is 9.97 Å². The molecule has 94 valence electrons. The maximum absolute atomic E-state index is 6.12. The van der Waals surface area contributed by atoms with Crippen LogP contribution in [0.25, 0.3) is 11.4 Å². The van der Waals surface area contributed by atoms with Gasteiger partial charge < -0.3 is 0 Å². The van der Waals surface area contributed by atoms with Crippen molar-refractivity contribution >= 4 is 50.7 Å². The molecule has 0 spiro atoms. The molecule has 0 aliphatic rings. The van der Waals surface area contributed by atoms with Crippen molar-refractivity contribution in [3.8, 4) is 11.4 Å². The van der Waals surface area contributed by atoms with Gasteiger partial charge in [-0.2, -0.15) is 0 Å². The van der Waals surface area contributed by atoms with E-state index in [4.69, 9.17) is 34.8 Å². The van der Waals surface area contributed by atoms with E-state index in [-0.39, 0.29) is 0 Å². The number of hydrogen-bond acceptors (Lipinski definition) is 2. The van der Waals surface area contributed by atoms with Gasteiger partial charge in [0.05, 0.1) is 5.02 Å². The molecule has 0 fully saturated rings. The first-order valence-corrected chi connectivity index (χ1v) is 7.13. The van der Waals surface area contributed by atoms with Crippen molar-refractivity contribution in [1.29, 1.82) is 0 Å². The molecule has 2 aromatic rings. The molecule has 0 saturated heterocycles. The van der Waals surface area contributed by atoms with Crippen LogP contribution in [0.4, 0.5) is 0 Å². The zero-order chi connectivity index (χ0) is 13.3. The molecule has 6 heteroatoms. The van der Waals surface area contributed by atoms with E-state index in [9.17, 15) is 0 Å². The number of benzene rings is 1. The fraction of sp³-hybridized carbons (Fsp3) is 0.167. The number of hydrogen-bond donors (Lipinski definition) is 0.